The number of likely N-dealkylation sites (N-methyl/N-ethyl adjacent to an activating group) is 1. The summed E-state index contributed by atoms with van der Waals surface area (Å²) in [5, 5.41) is 9.67. The molecule has 0 aromatic heterocycles. The van der Waals surface area contributed by atoms with Crippen molar-refractivity contribution in [3.63, 3.8) is 0 Å². The van der Waals surface area contributed by atoms with Crippen LogP contribution in [0.2, 0.25) is 0 Å². The highest BCUT2D eigenvalue weighted by molar-refractivity contribution is 7.89. The molecule has 0 aliphatic carbocycles. The maximum absolute atomic E-state index is 13.4. The number of halogens is 1. The zero-order valence-electron chi connectivity index (χ0n) is 17.7. The average Bonchev–Trinajstić information content (AvgIpc) is 2.70. The van der Waals surface area contributed by atoms with Gasteiger partial charge in [-0.2, -0.15) is 4.31 Å². The van der Waals surface area contributed by atoms with Crippen LogP contribution in [0.3, 0.4) is 0 Å². The number of rotatable bonds is 5. The number of ether oxygens (including phenoxy) is 1. The number of aliphatic hydroxyl groups excluding tert-OH is 1. The van der Waals surface area contributed by atoms with E-state index < -0.39 is 16.1 Å². The Hall–Kier alpha value is -2.00. The van der Waals surface area contributed by atoms with Crippen molar-refractivity contribution in [1.82, 2.24) is 9.21 Å². The topological polar surface area (TPSA) is 70.1 Å². The standard InChI is InChI=1S/C22H29FN2O4S/c1-15-12-25(16(2)14-26)30(27,28)22-10-7-18(17-5-8-19(23)9-6-17)11-20(22)29-21(15)13-24(3)4/h5-11,15-16,21,26H,12-14H2,1-4H3/t15-,16+,21-/m1/s1. The zero-order chi connectivity index (χ0) is 22.1. The third-order valence-corrected chi connectivity index (χ3v) is 7.41. The molecule has 0 unspecified atom stereocenters. The molecule has 164 valence electrons. The number of sulfonamides is 1. The molecule has 3 atom stereocenters. The Labute approximate surface area is 177 Å². The van der Waals surface area contributed by atoms with Crippen molar-refractivity contribution in [3.8, 4) is 16.9 Å². The molecule has 0 saturated heterocycles. The molecule has 2 aromatic rings. The summed E-state index contributed by atoms with van der Waals surface area (Å²) < 4.78 is 47.8. The molecule has 1 heterocycles. The number of hydrogen-bond donors (Lipinski definition) is 1. The minimum Gasteiger partial charge on any atom is -0.487 e. The first kappa shape index (κ1) is 22.7. The molecule has 0 radical (unpaired) electrons. The van der Waals surface area contributed by atoms with Crippen LogP contribution in [0.5, 0.6) is 5.75 Å². The van der Waals surface area contributed by atoms with Crippen LogP contribution in [0.4, 0.5) is 4.39 Å². The third-order valence-electron chi connectivity index (χ3n) is 5.39. The second-order valence-electron chi connectivity index (χ2n) is 8.17. The molecule has 6 nitrogen and oxygen atoms in total. The minimum atomic E-state index is -3.87. The van der Waals surface area contributed by atoms with E-state index in [2.05, 4.69) is 0 Å². The summed E-state index contributed by atoms with van der Waals surface area (Å²) in [6, 6.07) is 10.4. The maximum atomic E-state index is 13.4. The third kappa shape index (κ3) is 4.67. The van der Waals surface area contributed by atoms with Crippen molar-refractivity contribution >= 4 is 10.0 Å². The van der Waals surface area contributed by atoms with Gasteiger partial charge in [0.05, 0.1) is 6.61 Å². The average molecular weight is 437 g/mol. The number of nitrogens with zero attached hydrogens (tertiary/aromatic N) is 2. The summed E-state index contributed by atoms with van der Waals surface area (Å²) in [7, 11) is 0.0103. The molecule has 30 heavy (non-hydrogen) atoms. The monoisotopic (exact) mass is 436 g/mol. The highest BCUT2D eigenvalue weighted by Gasteiger charge is 2.37. The predicted octanol–water partition coefficient (Wildman–Crippen LogP) is 2.82. The predicted molar refractivity (Wildman–Crippen MR) is 114 cm³/mol. The van der Waals surface area contributed by atoms with Gasteiger partial charge in [0, 0.05) is 25.0 Å². The van der Waals surface area contributed by atoms with E-state index in [1.807, 2.05) is 25.9 Å². The van der Waals surface area contributed by atoms with Crippen molar-refractivity contribution < 1.29 is 22.7 Å². The number of benzene rings is 2. The smallest absolute Gasteiger partial charge is 0.247 e. The molecular weight excluding hydrogens is 407 g/mol. The van der Waals surface area contributed by atoms with Crippen LogP contribution in [-0.2, 0) is 10.0 Å². The van der Waals surface area contributed by atoms with Crippen LogP contribution in [0.15, 0.2) is 47.4 Å². The lowest BCUT2D eigenvalue weighted by molar-refractivity contribution is 0.0813. The van der Waals surface area contributed by atoms with Crippen LogP contribution in [0.1, 0.15) is 13.8 Å². The van der Waals surface area contributed by atoms with E-state index in [0.29, 0.717) is 6.54 Å². The molecule has 0 saturated carbocycles. The first-order valence-corrected chi connectivity index (χ1v) is 11.4. The van der Waals surface area contributed by atoms with Gasteiger partial charge in [-0.05, 0) is 56.4 Å². The highest BCUT2D eigenvalue weighted by Crippen LogP contribution is 2.36. The van der Waals surface area contributed by atoms with Gasteiger partial charge in [-0.25, -0.2) is 12.8 Å². The first-order valence-electron chi connectivity index (χ1n) is 9.97. The second-order valence-corrected chi connectivity index (χ2v) is 10.0. The van der Waals surface area contributed by atoms with Gasteiger partial charge in [-0.1, -0.05) is 25.1 Å². The van der Waals surface area contributed by atoms with E-state index in [1.165, 1.54) is 22.5 Å². The molecule has 0 spiro atoms. The van der Waals surface area contributed by atoms with E-state index in [4.69, 9.17) is 4.74 Å². The van der Waals surface area contributed by atoms with E-state index >= 15 is 0 Å². The molecule has 0 bridgehead atoms. The molecule has 1 aliphatic rings. The lowest BCUT2D eigenvalue weighted by Gasteiger charge is -2.37. The van der Waals surface area contributed by atoms with Gasteiger partial charge in [0.15, 0.2) is 0 Å². The van der Waals surface area contributed by atoms with Crippen LogP contribution in [0.25, 0.3) is 11.1 Å². The van der Waals surface area contributed by atoms with Crippen LogP contribution >= 0.6 is 0 Å². The van der Waals surface area contributed by atoms with E-state index in [0.717, 1.165) is 11.1 Å². The summed E-state index contributed by atoms with van der Waals surface area (Å²) >= 11 is 0. The fraction of sp³-hybridized carbons (Fsp3) is 0.455. The van der Waals surface area contributed by atoms with Gasteiger partial charge < -0.3 is 14.7 Å². The Morgan fingerprint density at radius 3 is 2.43 bits per heavy atom. The number of hydrogen-bond acceptors (Lipinski definition) is 5. The summed E-state index contributed by atoms with van der Waals surface area (Å²) in [6.07, 6.45) is -0.244. The van der Waals surface area contributed by atoms with Crippen molar-refractivity contribution in [2.45, 2.75) is 30.9 Å². The molecular formula is C22H29FN2O4S. The van der Waals surface area contributed by atoms with Crippen LogP contribution in [-0.4, -0.2) is 68.7 Å². The maximum Gasteiger partial charge on any atom is 0.247 e. The second kappa shape index (κ2) is 9.01. The van der Waals surface area contributed by atoms with E-state index in [1.54, 1.807) is 31.2 Å². The Balaban J connectivity index is 2.14. The van der Waals surface area contributed by atoms with Gasteiger partial charge in [-0.15, -0.1) is 0 Å². The first-order chi connectivity index (χ1) is 14.1. The molecule has 0 amide bonds. The fourth-order valence-electron chi connectivity index (χ4n) is 3.63. The van der Waals surface area contributed by atoms with Crippen molar-refractivity contribution in [1.29, 1.82) is 0 Å². The van der Waals surface area contributed by atoms with Gasteiger partial charge >= 0.3 is 0 Å². The SMILES string of the molecule is C[C@@H]1CN([C@@H](C)CO)S(=O)(=O)c2ccc(-c3ccc(F)cc3)cc2O[C@@H]1CN(C)C. The lowest BCUT2D eigenvalue weighted by Crippen LogP contribution is -2.49. The van der Waals surface area contributed by atoms with Crippen molar-refractivity contribution in [2.24, 2.45) is 5.92 Å². The van der Waals surface area contributed by atoms with Gasteiger partial charge in [0.2, 0.25) is 10.0 Å². The van der Waals surface area contributed by atoms with E-state index in [9.17, 15) is 17.9 Å². The van der Waals surface area contributed by atoms with Crippen LogP contribution in [0, 0.1) is 11.7 Å². The minimum absolute atomic E-state index is 0.0734. The van der Waals surface area contributed by atoms with Crippen molar-refractivity contribution in [2.75, 3.05) is 33.8 Å². The Morgan fingerprint density at radius 2 is 1.83 bits per heavy atom. The molecule has 1 aliphatic heterocycles. The van der Waals surface area contributed by atoms with Crippen LogP contribution < -0.4 is 4.74 Å². The zero-order valence-corrected chi connectivity index (χ0v) is 18.6. The largest absolute Gasteiger partial charge is 0.487 e. The Morgan fingerprint density at radius 1 is 1.20 bits per heavy atom. The summed E-state index contributed by atoms with van der Waals surface area (Å²) in [5.41, 5.74) is 1.50. The van der Waals surface area contributed by atoms with E-state index in [-0.39, 0.29) is 41.6 Å². The summed E-state index contributed by atoms with van der Waals surface area (Å²) in [6.45, 7) is 4.24. The molecule has 2 aromatic carbocycles. The molecule has 8 heteroatoms. The summed E-state index contributed by atoms with van der Waals surface area (Å²) in [5.74, 6) is -0.165. The number of aliphatic hydroxyl groups is 1. The van der Waals surface area contributed by atoms with Gasteiger partial charge in [-0.3, -0.25) is 0 Å². The lowest BCUT2D eigenvalue weighted by atomic mass is 10.0. The van der Waals surface area contributed by atoms with Gasteiger partial charge in [0.25, 0.3) is 0 Å². The molecule has 0 fully saturated rings. The molecule has 3 rings (SSSR count). The fourth-order valence-corrected chi connectivity index (χ4v) is 5.45. The Kier molecular flexibility index (Phi) is 6.81. The molecule has 1 N–H and O–H groups in total. The highest BCUT2D eigenvalue weighted by atomic mass is 32.2. The summed E-state index contributed by atoms with van der Waals surface area (Å²) in [4.78, 5) is 2.07. The number of fused-ring (bicyclic) bond motifs is 1. The quantitative estimate of drug-likeness (QED) is 0.781. The Bertz CT molecular complexity index is 979. The van der Waals surface area contributed by atoms with Crippen molar-refractivity contribution in [3.05, 3.63) is 48.3 Å². The normalized spacial score (nSPS) is 22.6. The van der Waals surface area contributed by atoms with Gasteiger partial charge in [0.1, 0.15) is 22.6 Å².